The molecule has 18 heavy (non-hydrogen) atoms. The van der Waals surface area contributed by atoms with Crippen LogP contribution in [0.2, 0.25) is 0 Å². The van der Waals surface area contributed by atoms with Gasteiger partial charge in [-0.25, -0.2) is 0 Å². The van der Waals surface area contributed by atoms with Gasteiger partial charge in [-0.15, -0.1) is 0 Å². The molecule has 0 aliphatic rings. The Hall–Kier alpha value is -0.370. The van der Waals surface area contributed by atoms with Crippen molar-refractivity contribution in [2.75, 3.05) is 20.6 Å². The van der Waals surface area contributed by atoms with E-state index >= 15 is 0 Å². The van der Waals surface area contributed by atoms with Crippen molar-refractivity contribution in [3.05, 3.63) is 0 Å². The zero-order chi connectivity index (χ0) is 13.6. The molecule has 0 unspecified atom stereocenters. The number of rotatable bonds is 13. The molecule has 0 heterocycles. The zero-order valence-corrected chi connectivity index (χ0v) is 12.8. The molecule has 0 radical (unpaired) electrons. The molecule has 108 valence electrons. The summed E-state index contributed by atoms with van der Waals surface area (Å²) in [5.74, 6) is 0.437. The van der Waals surface area contributed by atoms with E-state index in [1.807, 2.05) is 14.1 Å². The highest BCUT2D eigenvalue weighted by Crippen LogP contribution is 2.10. The third-order valence-corrected chi connectivity index (χ3v) is 3.40. The molecule has 0 N–H and O–H groups in total. The summed E-state index contributed by atoms with van der Waals surface area (Å²) in [6.45, 7) is 3.16. The first-order chi connectivity index (χ1) is 8.66. The van der Waals surface area contributed by atoms with Gasteiger partial charge < -0.3 is 4.90 Å². The maximum absolute atomic E-state index is 11.5. The van der Waals surface area contributed by atoms with Gasteiger partial charge in [-0.2, -0.15) is 0 Å². The molecular weight excluding hydrogens is 222 g/mol. The first-order valence-electron chi connectivity index (χ1n) is 7.83. The predicted molar refractivity (Wildman–Crippen MR) is 80.0 cm³/mol. The smallest absolute Gasteiger partial charge is 0.134 e. The van der Waals surface area contributed by atoms with Crippen LogP contribution in [0, 0.1) is 0 Å². The molecule has 0 aliphatic heterocycles. The molecule has 2 nitrogen and oxygen atoms in total. The minimum atomic E-state index is 0.437. The summed E-state index contributed by atoms with van der Waals surface area (Å²) in [6.07, 6.45) is 13.4. The summed E-state index contributed by atoms with van der Waals surface area (Å²) in [7, 11) is 4.04. The number of hydrogen-bond acceptors (Lipinski definition) is 2. The molecule has 0 fully saturated rings. The molecular formula is C16H33NO. The lowest BCUT2D eigenvalue weighted by Crippen LogP contribution is -2.16. The third kappa shape index (κ3) is 13.7. The maximum atomic E-state index is 11.5. The topological polar surface area (TPSA) is 20.3 Å². The minimum absolute atomic E-state index is 0.437. The SMILES string of the molecule is CCCCCCCCCCCC(=O)CCN(C)C. The fourth-order valence-electron chi connectivity index (χ4n) is 2.11. The van der Waals surface area contributed by atoms with E-state index < -0.39 is 0 Å². The van der Waals surface area contributed by atoms with Crippen LogP contribution in [-0.2, 0) is 4.79 Å². The van der Waals surface area contributed by atoms with Gasteiger partial charge in [0.25, 0.3) is 0 Å². The first kappa shape index (κ1) is 17.6. The normalized spacial score (nSPS) is 11.1. The highest BCUT2D eigenvalue weighted by atomic mass is 16.1. The molecule has 0 aromatic rings. The maximum Gasteiger partial charge on any atom is 0.134 e. The fraction of sp³-hybridized carbons (Fsp3) is 0.938. The van der Waals surface area contributed by atoms with E-state index in [1.165, 1.54) is 51.4 Å². The Balaban J connectivity index is 3.12. The third-order valence-electron chi connectivity index (χ3n) is 3.40. The van der Waals surface area contributed by atoms with Gasteiger partial charge in [-0.1, -0.05) is 58.3 Å². The van der Waals surface area contributed by atoms with Crippen molar-refractivity contribution < 1.29 is 4.79 Å². The molecule has 0 aromatic heterocycles. The predicted octanol–water partition coefficient (Wildman–Crippen LogP) is 4.43. The molecule has 0 aromatic carbocycles. The number of nitrogens with zero attached hydrogens (tertiary/aromatic N) is 1. The zero-order valence-electron chi connectivity index (χ0n) is 12.8. The molecule has 0 aliphatic carbocycles. The molecule has 2 heteroatoms. The number of Topliss-reactive ketones (excluding diaryl/α,β-unsaturated/α-hetero) is 1. The fourth-order valence-corrected chi connectivity index (χ4v) is 2.11. The van der Waals surface area contributed by atoms with E-state index in [2.05, 4.69) is 11.8 Å². The van der Waals surface area contributed by atoms with Gasteiger partial charge >= 0.3 is 0 Å². The van der Waals surface area contributed by atoms with Gasteiger partial charge in [-0.05, 0) is 20.5 Å². The Morgan fingerprint density at radius 3 is 1.78 bits per heavy atom. The van der Waals surface area contributed by atoms with Crippen molar-refractivity contribution in [3.63, 3.8) is 0 Å². The van der Waals surface area contributed by atoms with Gasteiger partial charge in [0.05, 0.1) is 0 Å². The monoisotopic (exact) mass is 255 g/mol. The molecule has 0 atom stereocenters. The van der Waals surface area contributed by atoms with Crippen LogP contribution in [0.4, 0.5) is 0 Å². The number of ketones is 1. The Morgan fingerprint density at radius 1 is 0.778 bits per heavy atom. The average Bonchev–Trinajstić information content (AvgIpc) is 2.34. The van der Waals surface area contributed by atoms with E-state index in [-0.39, 0.29) is 0 Å². The highest BCUT2D eigenvalue weighted by molar-refractivity contribution is 5.78. The second-order valence-corrected chi connectivity index (χ2v) is 5.67. The van der Waals surface area contributed by atoms with Crippen molar-refractivity contribution in [2.24, 2.45) is 0 Å². The summed E-state index contributed by atoms with van der Waals surface area (Å²) in [4.78, 5) is 13.6. The molecule has 0 saturated heterocycles. The lowest BCUT2D eigenvalue weighted by Gasteiger charge is -2.08. The summed E-state index contributed by atoms with van der Waals surface area (Å²) in [5.41, 5.74) is 0. The Morgan fingerprint density at radius 2 is 1.28 bits per heavy atom. The van der Waals surface area contributed by atoms with Crippen molar-refractivity contribution in [3.8, 4) is 0 Å². The second-order valence-electron chi connectivity index (χ2n) is 5.67. The summed E-state index contributed by atoms with van der Waals surface area (Å²) >= 11 is 0. The number of unbranched alkanes of at least 4 members (excludes halogenated alkanes) is 8. The largest absolute Gasteiger partial charge is 0.309 e. The van der Waals surface area contributed by atoms with Gasteiger partial charge in [-0.3, -0.25) is 4.79 Å². The van der Waals surface area contributed by atoms with Crippen LogP contribution in [0.25, 0.3) is 0 Å². The molecule has 0 amide bonds. The van der Waals surface area contributed by atoms with E-state index in [0.29, 0.717) is 5.78 Å². The van der Waals surface area contributed by atoms with Crippen LogP contribution in [0.15, 0.2) is 0 Å². The highest BCUT2D eigenvalue weighted by Gasteiger charge is 2.02. The van der Waals surface area contributed by atoms with Crippen LogP contribution in [0.5, 0.6) is 0 Å². The standard InChI is InChI=1S/C16H33NO/c1-4-5-6-7-8-9-10-11-12-13-16(18)14-15-17(2)3/h4-15H2,1-3H3. The van der Waals surface area contributed by atoms with Crippen molar-refractivity contribution in [1.29, 1.82) is 0 Å². The lowest BCUT2D eigenvalue weighted by molar-refractivity contribution is -0.119. The summed E-state index contributed by atoms with van der Waals surface area (Å²) in [5, 5.41) is 0. The number of carbonyl (C=O) groups excluding carboxylic acids is 1. The van der Waals surface area contributed by atoms with Crippen molar-refractivity contribution >= 4 is 5.78 Å². The van der Waals surface area contributed by atoms with Crippen LogP contribution >= 0.6 is 0 Å². The van der Waals surface area contributed by atoms with E-state index in [1.54, 1.807) is 0 Å². The van der Waals surface area contributed by atoms with Crippen molar-refractivity contribution in [1.82, 2.24) is 4.90 Å². The Bertz CT molecular complexity index is 190. The number of carbonyl (C=O) groups is 1. The Labute approximate surface area is 114 Å². The Kier molecular flexibility index (Phi) is 12.8. The van der Waals surface area contributed by atoms with Crippen LogP contribution in [0.1, 0.15) is 77.6 Å². The van der Waals surface area contributed by atoms with E-state index in [4.69, 9.17) is 0 Å². The quantitative estimate of drug-likeness (QED) is 0.454. The van der Waals surface area contributed by atoms with Crippen molar-refractivity contribution in [2.45, 2.75) is 77.6 Å². The van der Waals surface area contributed by atoms with Crippen LogP contribution < -0.4 is 0 Å². The first-order valence-corrected chi connectivity index (χ1v) is 7.83. The molecule has 0 bridgehead atoms. The van der Waals surface area contributed by atoms with Crippen LogP contribution in [0.3, 0.4) is 0 Å². The molecule has 0 rings (SSSR count). The van der Waals surface area contributed by atoms with Gasteiger partial charge in [0.2, 0.25) is 0 Å². The van der Waals surface area contributed by atoms with E-state index in [0.717, 1.165) is 25.8 Å². The van der Waals surface area contributed by atoms with E-state index in [9.17, 15) is 4.79 Å². The van der Waals surface area contributed by atoms with Gasteiger partial charge in [0, 0.05) is 19.4 Å². The summed E-state index contributed by atoms with van der Waals surface area (Å²) < 4.78 is 0. The summed E-state index contributed by atoms with van der Waals surface area (Å²) in [6, 6.07) is 0. The second kappa shape index (κ2) is 13.1. The van der Waals surface area contributed by atoms with Gasteiger partial charge in [0.1, 0.15) is 5.78 Å². The molecule has 0 saturated carbocycles. The molecule has 0 spiro atoms. The van der Waals surface area contributed by atoms with Crippen LogP contribution in [-0.4, -0.2) is 31.3 Å². The minimum Gasteiger partial charge on any atom is -0.309 e. The number of hydrogen-bond donors (Lipinski definition) is 0. The average molecular weight is 255 g/mol. The van der Waals surface area contributed by atoms with Gasteiger partial charge in [0.15, 0.2) is 0 Å². The lowest BCUT2D eigenvalue weighted by atomic mass is 10.0.